The van der Waals surface area contributed by atoms with E-state index >= 15 is 0 Å². The van der Waals surface area contributed by atoms with Gasteiger partial charge in [0.05, 0.1) is 19.3 Å². The lowest BCUT2D eigenvalue weighted by Crippen LogP contribution is -2.26. The third-order valence-electron chi connectivity index (χ3n) is 1.80. The van der Waals surface area contributed by atoms with Gasteiger partial charge in [0.15, 0.2) is 5.78 Å². The van der Waals surface area contributed by atoms with Crippen LogP contribution in [-0.2, 0) is 19.0 Å². The van der Waals surface area contributed by atoms with Gasteiger partial charge in [-0.05, 0) is 6.92 Å². The molecule has 0 amide bonds. The molecular formula is C9H14O4. The molecule has 0 aromatic rings. The molecule has 1 aliphatic heterocycles. The third-order valence-corrected chi connectivity index (χ3v) is 1.80. The molecule has 0 radical (unpaired) electrons. The zero-order valence-electron chi connectivity index (χ0n) is 7.91. The fourth-order valence-corrected chi connectivity index (χ4v) is 1.04. The maximum Gasteiger partial charge on any atom is 0.165 e. The van der Waals surface area contributed by atoms with Crippen molar-refractivity contribution < 1.29 is 19.0 Å². The molecule has 0 aromatic heterocycles. The molecule has 0 N–H and O–H groups in total. The van der Waals surface area contributed by atoms with E-state index in [0.717, 1.165) is 0 Å². The minimum Gasteiger partial charge on any atom is -0.495 e. The number of allylic oxidation sites excluding steroid dienone is 1. The summed E-state index contributed by atoms with van der Waals surface area (Å²) in [6.45, 7) is 2.37. The highest BCUT2D eigenvalue weighted by atomic mass is 16.7. The van der Waals surface area contributed by atoms with Crippen molar-refractivity contribution in [2.75, 3.05) is 20.5 Å². The summed E-state index contributed by atoms with van der Waals surface area (Å²) < 4.78 is 15.0. The SMILES string of the molecule is COCOC[C@@H]1CC(=O)C(C)=CO1. The van der Waals surface area contributed by atoms with Crippen molar-refractivity contribution in [1.82, 2.24) is 0 Å². The lowest BCUT2D eigenvalue weighted by molar-refractivity contribution is -0.122. The average molecular weight is 186 g/mol. The van der Waals surface area contributed by atoms with Gasteiger partial charge in [-0.1, -0.05) is 0 Å². The lowest BCUT2D eigenvalue weighted by Gasteiger charge is -2.20. The van der Waals surface area contributed by atoms with Crippen LogP contribution >= 0.6 is 0 Å². The molecule has 0 bridgehead atoms. The Balaban J connectivity index is 2.27. The molecule has 0 fully saturated rings. The van der Waals surface area contributed by atoms with Crippen molar-refractivity contribution in [2.24, 2.45) is 0 Å². The van der Waals surface area contributed by atoms with Gasteiger partial charge in [0, 0.05) is 12.7 Å². The van der Waals surface area contributed by atoms with Crippen molar-refractivity contribution in [2.45, 2.75) is 19.4 Å². The largest absolute Gasteiger partial charge is 0.495 e. The predicted molar refractivity (Wildman–Crippen MR) is 46.1 cm³/mol. The number of ketones is 1. The Morgan fingerprint density at radius 3 is 3.08 bits per heavy atom. The number of Topliss-reactive ketones (excluding diaryl/α,β-unsaturated/α-hetero) is 1. The highest BCUT2D eigenvalue weighted by molar-refractivity contribution is 5.95. The number of carbonyl (C=O) groups excluding carboxylic acids is 1. The first-order valence-corrected chi connectivity index (χ1v) is 4.16. The van der Waals surface area contributed by atoms with E-state index in [1.807, 2.05) is 0 Å². The zero-order chi connectivity index (χ0) is 9.68. The van der Waals surface area contributed by atoms with Crippen LogP contribution in [0.4, 0.5) is 0 Å². The Bertz CT molecular complexity index is 210. The van der Waals surface area contributed by atoms with Gasteiger partial charge in [-0.25, -0.2) is 0 Å². The van der Waals surface area contributed by atoms with Gasteiger partial charge in [0.25, 0.3) is 0 Å². The molecule has 1 aliphatic rings. The topological polar surface area (TPSA) is 44.8 Å². The van der Waals surface area contributed by atoms with Crippen molar-refractivity contribution in [3.05, 3.63) is 11.8 Å². The number of methoxy groups -OCH3 is 1. The molecule has 1 rings (SSSR count). The van der Waals surface area contributed by atoms with Gasteiger partial charge >= 0.3 is 0 Å². The molecule has 13 heavy (non-hydrogen) atoms. The normalized spacial score (nSPS) is 22.5. The molecule has 74 valence electrons. The van der Waals surface area contributed by atoms with Crippen LogP contribution in [0.25, 0.3) is 0 Å². The van der Waals surface area contributed by atoms with E-state index in [-0.39, 0.29) is 18.7 Å². The Morgan fingerprint density at radius 1 is 1.69 bits per heavy atom. The summed E-state index contributed by atoms with van der Waals surface area (Å²) >= 11 is 0. The molecule has 1 atom stereocenters. The predicted octanol–water partition coefficient (Wildman–Crippen LogP) is 0.869. The number of ether oxygens (including phenoxy) is 3. The molecule has 4 nitrogen and oxygen atoms in total. The highest BCUT2D eigenvalue weighted by Gasteiger charge is 2.20. The summed E-state index contributed by atoms with van der Waals surface area (Å²) in [5, 5.41) is 0. The van der Waals surface area contributed by atoms with E-state index in [4.69, 9.17) is 14.2 Å². The van der Waals surface area contributed by atoms with Gasteiger partial charge < -0.3 is 14.2 Å². The van der Waals surface area contributed by atoms with Gasteiger partial charge in [-0.15, -0.1) is 0 Å². The monoisotopic (exact) mass is 186 g/mol. The van der Waals surface area contributed by atoms with E-state index in [0.29, 0.717) is 18.6 Å². The van der Waals surface area contributed by atoms with Gasteiger partial charge in [0.2, 0.25) is 0 Å². The maximum atomic E-state index is 11.2. The molecule has 0 aliphatic carbocycles. The van der Waals surface area contributed by atoms with Crippen molar-refractivity contribution in [3.63, 3.8) is 0 Å². The van der Waals surface area contributed by atoms with Crippen LogP contribution in [-0.4, -0.2) is 32.4 Å². The van der Waals surface area contributed by atoms with Crippen LogP contribution in [0, 0.1) is 0 Å². The maximum absolute atomic E-state index is 11.2. The summed E-state index contributed by atoms with van der Waals surface area (Å²) in [6.07, 6.45) is 1.73. The van der Waals surface area contributed by atoms with Crippen LogP contribution in [0.2, 0.25) is 0 Å². The second kappa shape index (κ2) is 4.99. The summed E-state index contributed by atoms with van der Waals surface area (Å²) in [5.41, 5.74) is 0.669. The van der Waals surface area contributed by atoms with Crippen molar-refractivity contribution >= 4 is 5.78 Å². The molecular weight excluding hydrogens is 172 g/mol. The fourth-order valence-electron chi connectivity index (χ4n) is 1.04. The number of hydrogen-bond donors (Lipinski definition) is 0. The molecule has 0 unspecified atom stereocenters. The zero-order valence-corrected chi connectivity index (χ0v) is 7.91. The molecule has 4 heteroatoms. The molecule has 0 saturated carbocycles. The van der Waals surface area contributed by atoms with Crippen LogP contribution in [0.1, 0.15) is 13.3 Å². The minimum absolute atomic E-state index is 0.122. The van der Waals surface area contributed by atoms with E-state index < -0.39 is 0 Å². The molecule has 0 saturated heterocycles. The Labute approximate surface area is 77.5 Å². The number of rotatable bonds is 4. The Hall–Kier alpha value is -0.870. The van der Waals surface area contributed by atoms with Crippen LogP contribution in [0.15, 0.2) is 11.8 Å². The molecule has 1 heterocycles. The van der Waals surface area contributed by atoms with Gasteiger partial charge in [-0.3, -0.25) is 4.79 Å². The van der Waals surface area contributed by atoms with E-state index in [9.17, 15) is 4.79 Å². The van der Waals surface area contributed by atoms with Crippen molar-refractivity contribution in [3.8, 4) is 0 Å². The number of hydrogen-bond acceptors (Lipinski definition) is 4. The summed E-state index contributed by atoms with van der Waals surface area (Å²) in [7, 11) is 1.55. The Morgan fingerprint density at radius 2 is 2.46 bits per heavy atom. The van der Waals surface area contributed by atoms with E-state index in [1.54, 1.807) is 14.0 Å². The second-order valence-corrected chi connectivity index (χ2v) is 2.96. The highest BCUT2D eigenvalue weighted by Crippen LogP contribution is 2.13. The summed E-state index contributed by atoms with van der Waals surface area (Å²) in [6, 6.07) is 0. The van der Waals surface area contributed by atoms with Crippen LogP contribution in [0.3, 0.4) is 0 Å². The van der Waals surface area contributed by atoms with Gasteiger partial charge in [-0.2, -0.15) is 0 Å². The van der Waals surface area contributed by atoms with Crippen LogP contribution in [0.5, 0.6) is 0 Å². The minimum atomic E-state index is -0.161. The standard InChI is InChI=1S/C9H14O4/c1-7-4-13-8(3-9(7)10)5-12-6-11-2/h4,8H,3,5-6H2,1-2H3/t8-/m0/s1. The first-order valence-electron chi connectivity index (χ1n) is 4.16. The molecule has 0 spiro atoms. The second-order valence-electron chi connectivity index (χ2n) is 2.96. The lowest BCUT2D eigenvalue weighted by atomic mass is 10.1. The molecule has 0 aromatic carbocycles. The Kier molecular flexibility index (Phi) is 3.92. The first-order chi connectivity index (χ1) is 6.24. The van der Waals surface area contributed by atoms with E-state index in [1.165, 1.54) is 6.26 Å². The van der Waals surface area contributed by atoms with Gasteiger partial charge in [0.1, 0.15) is 12.9 Å². The summed E-state index contributed by atoms with van der Waals surface area (Å²) in [5.74, 6) is 0.122. The third kappa shape index (κ3) is 3.16. The summed E-state index contributed by atoms with van der Waals surface area (Å²) in [4.78, 5) is 11.2. The van der Waals surface area contributed by atoms with Crippen molar-refractivity contribution in [1.29, 1.82) is 0 Å². The average Bonchev–Trinajstić information content (AvgIpc) is 2.12. The fraction of sp³-hybridized carbons (Fsp3) is 0.667. The quantitative estimate of drug-likeness (QED) is 0.482. The number of carbonyl (C=O) groups is 1. The first kappa shape index (κ1) is 10.2. The van der Waals surface area contributed by atoms with Crippen LogP contribution < -0.4 is 0 Å². The smallest absolute Gasteiger partial charge is 0.165 e. The van der Waals surface area contributed by atoms with E-state index in [2.05, 4.69) is 0 Å².